The number of nitrogens with one attached hydrogen (secondary N) is 2. The maximum Gasteiger partial charge on any atom is 0.274 e. The number of carbonyl (C=O) groups excluding carboxylic acids is 2. The summed E-state index contributed by atoms with van der Waals surface area (Å²) in [5, 5.41) is 5.32. The molecule has 2 aromatic carbocycles. The topological polar surface area (TPSA) is 75.5 Å². The van der Waals surface area contributed by atoms with Crippen molar-refractivity contribution in [2.75, 3.05) is 5.32 Å². The Morgan fingerprint density at radius 2 is 1.83 bits per heavy atom. The minimum absolute atomic E-state index is 0.0760. The summed E-state index contributed by atoms with van der Waals surface area (Å²) >= 11 is 2.13. The van der Waals surface area contributed by atoms with Gasteiger partial charge in [0.2, 0.25) is 0 Å². The van der Waals surface area contributed by atoms with E-state index in [0.29, 0.717) is 12.2 Å². The number of carbonyl (C=O) groups is 2. The van der Waals surface area contributed by atoms with E-state index in [2.05, 4.69) is 38.2 Å². The molecule has 0 spiro atoms. The molecule has 150 valence electrons. The number of benzene rings is 2. The summed E-state index contributed by atoms with van der Waals surface area (Å²) < 4.78 is 16.9. The van der Waals surface area contributed by atoms with Crippen LogP contribution in [0.15, 0.2) is 73.1 Å². The van der Waals surface area contributed by atoms with Gasteiger partial charge in [0, 0.05) is 21.9 Å². The third kappa shape index (κ3) is 4.33. The van der Waals surface area contributed by atoms with E-state index >= 15 is 0 Å². The van der Waals surface area contributed by atoms with Crippen LogP contribution < -0.4 is 10.6 Å². The Hall–Kier alpha value is -3.27. The predicted molar refractivity (Wildman–Crippen MR) is 120 cm³/mol. The minimum Gasteiger partial charge on any atom is -0.348 e. The number of hydrogen-bond acceptors (Lipinski definition) is 3. The lowest BCUT2D eigenvalue weighted by Gasteiger charge is -2.10. The molecule has 4 rings (SSSR count). The summed E-state index contributed by atoms with van der Waals surface area (Å²) in [4.78, 5) is 29.3. The highest BCUT2D eigenvalue weighted by molar-refractivity contribution is 14.1. The number of fused-ring (bicyclic) bond motifs is 1. The van der Waals surface area contributed by atoms with Gasteiger partial charge in [-0.15, -0.1) is 0 Å². The van der Waals surface area contributed by atoms with Crippen LogP contribution in [-0.2, 0) is 6.54 Å². The highest BCUT2D eigenvalue weighted by Crippen LogP contribution is 2.19. The summed E-state index contributed by atoms with van der Waals surface area (Å²) in [7, 11) is 0. The van der Waals surface area contributed by atoms with Crippen LogP contribution in [0, 0.1) is 9.39 Å². The van der Waals surface area contributed by atoms with Crippen LogP contribution in [-0.4, -0.2) is 21.2 Å². The molecule has 0 saturated carbocycles. The molecule has 30 heavy (non-hydrogen) atoms. The molecular formula is C22H16FIN4O2. The Morgan fingerprint density at radius 3 is 2.63 bits per heavy atom. The highest BCUT2D eigenvalue weighted by atomic mass is 127. The van der Waals surface area contributed by atoms with Crippen LogP contribution in [0.25, 0.3) is 5.65 Å². The van der Waals surface area contributed by atoms with E-state index in [1.807, 2.05) is 36.4 Å². The molecule has 0 unspecified atom stereocenters. The molecule has 0 fully saturated rings. The van der Waals surface area contributed by atoms with E-state index in [1.165, 1.54) is 18.3 Å². The number of hydrogen-bond donors (Lipinski definition) is 2. The molecule has 0 bridgehead atoms. The Balaban J connectivity index is 1.52. The molecule has 0 saturated heterocycles. The molecule has 2 aromatic heterocycles. The van der Waals surface area contributed by atoms with Crippen LogP contribution in [0.5, 0.6) is 0 Å². The van der Waals surface area contributed by atoms with E-state index < -0.39 is 11.7 Å². The van der Waals surface area contributed by atoms with Gasteiger partial charge in [0.05, 0.1) is 11.9 Å². The predicted octanol–water partition coefficient (Wildman–Crippen LogP) is 4.26. The van der Waals surface area contributed by atoms with Gasteiger partial charge in [0.1, 0.15) is 17.2 Å². The van der Waals surface area contributed by atoms with Gasteiger partial charge < -0.3 is 10.6 Å². The average Bonchev–Trinajstić information content (AvgIpc) is 3.17. The fourth-order valence-corrected chi connectivity index (χ4v) is 3.41. The second-order valence-electron chi connectivity index (χ2n) is 6.54. The van der Waals surface area contributed by atoms with Gasteiger partial charge >= 0.3 is 0 Å². The zero-order valence-electron chi connectivity index (χ0n) is 15.6. The molecule has 0 atom stereocenters. The van der Waals surface area contributed by atoms with Crippen molar-refractivity contribution in [3.63, 3.8) is 0 Å². The molecule has 0 aliphatic rings. The maximum absolute atomic E-state index is 14.3. The lowest BCUT2D eigenvalue weighted by molar-refractivity contribution is 0.0949. The smallest absolute Gasteiger partial charge is 0.274 e. The number of anilines is 1. The first-order valence-corrected chi connectivity index (χ1v) is 10.1. The first-order valence-electron chi connectivity index (χ1n) is 9.07. The molecular weight excluding hydrogens is 498 g/mol. The van der Waals surface area contributed by atoms with Crippen molar-refractivity contribution in [1.29, 1.82) is 0 Å². The molecule has 0 aliphatic heterocycles. The molecule has 8 heteroatoms. The van der Waals surface area contributed by atoms with Crippen molar-refractivity contribution in [2.45, 2.75) is 6.54 Å². The number of aromatic nitrogens is 2. The second kappa shape index (κ2) is 8.62. The van der Waals surface area contributed by atoms with Crippen molar-refractivity contribution in [2.24, 2.45) is 0 Å². The number of rotatable bonds is 5. The second-order valence-corrected chi connectivity index (χ2v) is 7.78. The van der Waals surface area contributed by atoms with Crippen LogP contribution in [0.3, 0.4) is 0 Å². The van der Waals surface area contributed by atoms with Crippen molar-refractivity contribution in [3.05, 3.63) is 99.3 Å². The number of imidazole rings is 1. The van der Waals surface area contributed by atoms with Gasteiger partial charge in [-0.25, -0.2) is 9.37 Å². The summed E-state index contributed by atoms with van der Waals surface area (Å²) in [6.07, 6.45) is 3.19. The minimum atomic E-state index is -0.633. The van der Waals surface area contributed by atoms with Gasteiger partial charge in [-0.2, -0.15) is 0 Å². The van der Waals surface area contributed by atoms with Crippen LogP contribution >= 0.6 is 22.6 Å². The zero-order valence-corrected chi connectivity index (χ0v) is 17.8. The van der Waals surface area contributed by atoms with Gasteiger partial charge in [-0.3, -0.25) is 14.0 Å². The normalized spacial score (nSPS) is 10.7. The largest absolute Gasteiger partial charge is 0.348 e. The van der Waals surface area contributed by atoms with Crippen LogP contribution in [0.1, 0.15) is 26.4 Å². The summed E-state index contributed by atoms with van der Waals surface area (Å²) in [5.74, 6) is -1.52. The summed E-state index contributed by atoms with van der Waals surface area (Å²) in [6.45, 7) is 0.346. The Kier molecular flexibility index (Phi) is 5.75. The molecule has 6 nitrogen and oxygen atoms in total. The number of pyridine rings is 1. The third-order valence-corrected chi connectivity index (χ3v) is 5.11. The Morgan fingerprint density at radius 1 is 1.03 bits per heavy atom. The molecule has 0 aliphatic carbocycles. The monoisotopic (exact) mass is 514 g/mol. The molecule has 0 radical (unpaired) electrons. The van der Waals surface area contributed by atoms with Crippen molar-refractivity contribution >= 4 is 45.7 Å². The van der Waals surface area contributed by atoms with E-state index in [0.717, 1.165) is 15.2 Å². The zero-order chi connectivity index (χ0) is 21.1. The van der Waals surface area contributed by atoms with Gasteiger partial charge in [0.15, 0.2) is 0 Å². The lowest BCUT2D eigenvalue weighted by atomic mass is 10.1. The number of nitrogens with zero attached hydrogens (tertiary/aromatic N) is 2. The van der Waals surface area contributed by atoms with Crippen molar-refractivity contribution < 1.29 is 14.0 Å². The van der Waals surface area contributed by atoms with E-state index in [1.54, 1.807) is 16.7 Å². The molecule has 2 N–H and O–H groups in total. The van der Waals surface area contributed by atoms with Crippen molar-refractivity contribution in [3.8, 4) is 0 Å². The SMILES string of the molecule is O=C(NCc1ccccc1)c1ccc(F)c(NC(=O)c2cnc3ccc(I)cn23)c1. The number of halogens is 2. The highest BCUT2D eigenvalue weighted by Gasteiger charge is 2.16. The fraction of sp³-hybridized carbons (Fsp3) is 0.0455. The quantitative estimate of drug-likeness (QED) is 0.391. The first kappa shape index (κ1) is 20.0. The summed E-state index contributed by atoms with van der Waals surface area (Å²) in [5.41, 5.74) is 1.99. The average molecular weight is 514 g/mol. The number of amides is 2. The molecule has 4 aromatic rings. The van der Waals surface area contributed by atoms with Gasteiger partial charge in [0.25, 0.3) is 11.8 Å². The Bertz CT molecular complexity index is 1240. The molecule has 2 amide bonds. The Labute approximate surface area is 185 Å². The maximum atomic E-state index is 14.3. The fourth-order valence-electron chi connectivity index (χ4n) is 2.95. The van der Waals surface area contributed by atoms with E-state index in [-0.39, 0.29) is 22.9 Å². The molecule has 2 heterocycles. The van der Waals surface area contributed by atoms with E-state index in [9.17, 15) is 14.0 Å². The summed E-state index contributed by atoms with van der Waals surface area (Å²) in [6, 6.07) is 17.0. The van der Waals surface area contributed by atoms with Crippen LogP contribution in [0.4, 0.5) is 10.1 Å². The van der Waals surface area contributed by atoms with Gasteiger partial charge in [-0.05, 0) is 58.5 Å². The third-order valence-electron chi connectivity index (χ3n) is 4.47. The standard InChI is InChI=1S/C22H16FIN4O2/c23-17-8-6-15(21(29)26-11-14-4-2-1-3-5-14)10-18(17)27-22(30)19-12-25-20-9-7-16(24)13-28(19)20/h1-10,12-13H,11H2,(H,26,29)(H,27,30). The van der Waals surface area contributed by atoms with Gasteiger partial charge in [-0.1, -0.05) is 30.3 Å². The first-order chi connectivity index (χ1) is 14.5. The van der Waals surface area contributed by atoms with Crippen LogP contribution in [0.2, 0.25) is 0 Å². The lowest BCUT2D eigenvalue weighted by Crippen LogP contribution is -2.23. The van der Waals surface area contributed by atoms with Crippen molar-refractivity contribution in [1.82, 2.24) is 14.7 Å². The van der Waals surface area contributed by atoms with E-state index in [4.69, 9.17) is 0 Å².